The molecule has 1 atom stereocenters. The van der Waals surface area contributed by atoms with E-state index in [0.717, 1.165) is 5.56 Å². The minimum Gasteiger partial charge on any atom is -0.481 e. The molecule has 4 nitrogen and oxygen atoms in total. The van der Waals surface area contributed by atoms with Gasteiger partial charge in [-0.25, -0.2) is 0 Å². The molecule has 1 amide bonds. The lowest BCUT2D eigenvalue weighted by Crippen LogP contribution is -2.40. The zero-order valence-corrected chi connectivity index (χ0v) is 11.5. The van der Waals surface area contributed by atoms with Crippen molar-refractivity contribution in [1.29, 1.82) is 0 Å². The second-order valence-corrected chi connectivity index (χ2v) is 4.98. The van der Waals surface area contributed by atoms with E-state index < -0.39 is 11.4 Å². The number of rotatable bonds is 7. The maximum Gasteiger partial charge on any atom is 0.311 e. The van der Waals surface area contributed by atoms with Crippen LogP contribution in [-0.4, -0.2) is 23.5 Å². The highest BCUT2D eigenvalue weighted by molar-refractivity contribution is 5.78. The van der Waals surface area contributed by atoms with E-state index in [9.17, 15) is 9.59 Å². The van der Waals surface area contributed by atoms with E-state index in [1.807, 2.05) is 37.3 Å². The average molecular weight is 263 g/mol. The van der Waals surface area contributed by atoms with Gasteiger partial charge >= 0.3 is 5.97 Å². The summed E-state index contributed by atoms with van der Waals surface area (Å²) in [5, 5.41) is 11.8. The molecule has 0 aliphatic carbocycles. The molecule has 1 unspecified atom stereocenters. The van der Waals surface area contributed by atoms with Crippen molar-refractivity contribution in [2.75, 3.05) is 6.54 Å². The summed E-state index contributed by atoms with van der Waals surface area (Å²) in [5.74, 6) is -0.983. The molecule has 0 fully saturated rings. The highest BCUT2D eigenvalue weighted by Gasteiger charge is 2.31. The van der Waals surface area contributed by atoms with Gasteiger partial charge in [0.25, 0.3) is 0 Å². The Morgan fingerprint density at radius 2 is 1.89 bits per heavy atom. The fraction of sp³-hybridized carbons (Fsp3) is 0.467. The van der Waals surface area contributed by atoms with Crippen LogP contribution in [0, 0.1) is 5.41 Å². The molecular weight excluding hydrogens is 242 g/mol. The van der Waals surface area contributed by atoms with Crippen molar-refractivity contribution >= 4 is 11.9 Å². The van der Waals surface area contributed by atoms with Crippen molar-refractivity contribution in [3.8, 4) is 0 Å². The SMILES string of the molecule is CCC(C)(CNC(=O)CCc1ccccc1)C(=O)O. The molecule has 19 heavy (non-hydrogen) atoms. The van der Waals surface area contributed by atoms with Crippen LogP contribution < -0.4 is 5.32 Å². The van der Waals surface area contributed by atoms with Gasteiger partial charge in [0.2, 0.25) is 5.91 Å². The van der Waals surface area contributed by atoms with E-state index in [2.05, 4.69) is 5.32 Å². The Kier molecular flexibility index (Phi) is 5.55. The van der Waals surface area contributed by atoms with Crippen molar-refractivity contribution in [2.24, 2.45) is 5.41 Å². The first-order valence-electron chi connectivity index (χ1n) is 6.52. The van der Waals surface area contributed by atoms with Gasteiger partial charge in [-0.05, 0) is 25.3 Å². The van der Waals surface area contributed by atoms with Crippen LogP contribution >= 0.6 is 0 Å². The van der Waals surface area contributed by atoms with E-state index in [1.54, 1.807) is 6.92 Å². The van der Waals surface area contributed by atoms with Gasteiger partial charge in [0.05, 0.1) is 5.41 Å². The molecule has 0 aliphatic heterocycles. The number of aliphatic carboxylic acids is 1. The van der Waals surface area contributed by atoms with Crippen molar-refractivity contribution in [1.82, 2.24) is 5.32 Å². The van der Waals surface area contributed by atoms with Gasteiger partial charge in [-0.1, -0.05) is 37.3 Å². The molecule has 104 valence electrons. The summed E-state index contributed by atoms with van der Waals surface area (Å²) >= 11 is 0. The zero-order chi connectivity index (χ0) is 14.3. The normalized spacial score (nSPS) is 13.6. The Morgan fingerprint density at radius 3 is 2.42 bits per heavy atom. The van der Waals surface area contributed by atoms with Gasteiger partial charge in [0, 0.05) is 13.0 Å². The molecule has 1 aromatic carbocycles. The number of carboxylic acids is 1. The summed E-state index contributed by atoms with van der Waals surface area (Å²) in [7, 11) is 0. The highest BCUT2D eigenvalue weighted by Crippen LogP contribution is 2.19. The predicted octanol–water partition coefficient (Wildman–Crippen LogP) is 2.24. The molecular formula is C15H21NO3. The van der Waals surface area contributed by atoms with Crippen LogP contribution in [0.5, 0.6) is 0 Å². The molecule has 0 bridgehead atoms. The molecule has 0 saturated heterocycles. The third kappa shape index (κ3) is 4.73. The van der Waals surface area contributed by atoms with Gasteiger partial charge in [0.1, 0.15) is 0 Å². The smallest absolute Gasteiger partial charge is 0.311 e. The number of carbonyl (C=O) groups is 2. The largest absolute Gasteiger partial charge is 0.481 e. The van der Waals surface area contributed by atoms with E-state index in [-0.39, 0.29) is 12.5 Å². The number of hydrogen-bond donors (Lipinski definition) is 2. The number of carboxylic acid groups (broad SMARTS) is 1. The number of hydrogen-bond acceptors (Lipinski definition) is 2. The van der Waals surface area contributed by atoms with Crippen LogP contribution in [0.1, 0.15) is 32.3 Å². The van der Waals surface area contributed by atoms with Crippen molar-refractivity contribution in [3.05, 3.63) is 35.9 Å². The fourth-order valence-electron chi connectivity index (χ4n) is 1.64. The van der Waals surface area contributed by atoms with Gasteiger partial charge in [-0.15, -0.1) is 0 Å². The molecule has 0 spiro atoms. The lowest BCUT2D eigenvalue weighted by molar-refractivity contribution is -0.148. The zero-order valence-electron chi connectivity index (χ0n) is 11.5. The number of benzene rings is 1. The summed E-state index contributed by atoms with van der Waals surface area (Å²) in [6.07, 6.45) is 1.54. The first-order chi connectivity index (χ1) is 8.98. The highest BCUT2D eigenvalue weighted by atomic mass is 16.4. The first kappa shape index (κ1) is 15.2. The summed E-state index contributed by atoms with van der Waals surface area (Å²) in [4.78, 5) is 22.8. The monoisotopic (exact) mass is 263 g/mol. The van der Waals surface area contributed by atoms with Gasteiger partial charge in [0.15, 0.2) is 0 Å². The molecule has 0 aromatic heterocycles. The van der Waals surface area contributed by atoms with Crippen LogP contribution in [0.25, 0.3) is 0 Å². The standard InChI is InChI=1S/C15H21NO3/c1-3-15(2,14(18)19)11-16-13(17)10-9-12-7-5-4-6-8-12/h4-8H,3,9-11H2,1-2H3,(H,16,17)(H,18,19). The Hall–Kier alpha value is -1.84. The average Bonchev–Trinajstić information content (AvgIpc) is 2.43. The van der Waals surface area contributed by atoms with E-state index >= 15 is 0 Å². The first-order valence-corrected chi connectivity index (χ1v) is 6.52. The van der Waals surface area contributed by atoms with Crippen molar-refractivity contribution < 1.29 is 14.7 Å². The summed E-state index contributed by atoms with van der Waals surface area (Å²) < 4.78 is 0. The molecule has 2 N–H and O–H groups in total. The van der Waals surface area contributed by atoms with E-state index in [4.69, 9.17) is 5.11 Å². The van der Waals surface area contributed by atoms with Crippen LogP contribution in [0.3, 0.4) is 0 Å². The van der Waals surface area contributed by atoms with Crippen LogP contribution in [0.2, 0.25) is 0 Å². The lowest BCUT2D eigenvalue weighted by atomic mass is 9.87. The minimum absolute atomic E-state index is 0.107. The summed E-state index contributed by atoms with van der Waals surface area (Å²) in [6, 6.07) is 9.75. The Bertz CT molecular complexity index is 430. The third-order valence-electron chi connectivity index (χ3n) is 3.46. The summed E-state index contributed by atoms with van der Waals surface area (Å²) in [6.45, 7) is 3.63. The maximum absolute atomic E-state index is 11.7. The van der Waals surface area contributed by atoms with Crippen LogP contribution in [-0.2, 0) is 16.0 Å². The van der Waals surface area contributed by atoms with Crippen LogP contribution in [0.15, 0.2) is 30.3 Å². The van der Waals surface area contributed by atoms with E-state index in [0.29, 0.717) is 19.3 Å². The van der Waals surface area contributed by atoms with Gasteiger partial charge in [-0.2, -0.15) is 0 Å². The molecule has 0 saturated carbocycles. The Balaban J connectivity index is 2.38. The maximum atomic E-state index is 11.7. The predicted molar refractivity (Wildman–Crippen MR) is 73.8 cm³/mol. The molecule has 1 aromatic rings. The quantitative estimate of drug-likeness (QED) is 0.792. The number of carbonyl (C=O) groups excluding carboxylic acids is 1. The van der Waals surface area contributed by atoms with E-state index in [1.165, 1.54) is 0 Å². The second kappa shape index (κ2) is 6.92. The molecule has 4 heteroatoms. The topological polar surface area (TPSA) is 66.4 Å². The number of nitrogens with one attached hydrogen (secondary N) is 1. The summed E-state index contributed by atoms with van der Waals surface area (Å²) in [5.41, 5.74) is 0.219. The molecule has 1 rings (SSSR count). The van der Waals surface area contributed by atoms with Crippen molar-refractivity contribution in [3.63, 3.8) is 0 Å². The number of amides is 1. The molecule has 0 radical (unpaired) electrons. The molecule has 0 aliphatic rings. The van der Waals surface area contributed by atoms with Gasteiger partial charge < -0.3 is 10.4 Å². The number of aryl methyl sites for hydroxylation is 1. The third-order valence-corrected chi connectivity index (χ3v) is 3.46. The van der Waals surface area contributed by atoms with Crippen molar-refractivity contribution in [2.45, 2.75) is 33.1 Å². The minimum atomic E-state index is -0.887. The Labute approximate surface area is 113 Å². The molecule has 0 heterocycles. The lowest BCUT2D eigenvalue weighted by Gasteiger charge is -2.23. The fourth-order valence-corrected chi connectivity index (χ4v) is 1.64. The van der Waals surface area contributed by atoms with Crippen LogP contribution in [0.4, 0.5) is 0 Å². The Morgan fingerprint density at radius 1 is 1.26 bits per heavy atom. The second-order valence-electron chi connectivity index (χ2n) is 4.98. The van der Waals surface area contributed by atoms with Gasteiger partial charge in [-0.3, -0.25) is 9.59 Å².